The topological polar surface area (TPSA) is 87.1 Å². The lowest BCUT2D eigenvalue weighted by molar-refractivity contribution is 0.364. The molecule has 28 heavy (non-hydrogen) atoms. The third-order valence-electron chi connectivity index (χ3n) is 4.62. The zero-order valence-corrected chi connectivity index (χ0v) is 15.9. The summed E-state index contributed by atoms with van der Waals surface area (Å²) in [4.78, 5) is 8.30. The Kier molecular flexibility index (Phi) is 6.06. The Morgan fingerprint density at radius 1 is 1.18 bits per heavy atom. The molecule has 2 N–H and O–H groups in total. The predicted molar refractivity (Wildman–Crippen MR) is 106 cm³/mol. The highest BCUT2D eigenvalue weighted by Crippen LogP contribution is 2.34. The Hall–Kier alpha value is -2.77. The molecule has 1 saturated carbocycles. The summed E-state index contributed by atoms with van der Waals surface area (Å²) in [5, 5.41) is 4.00. The predicted octanol–water partition coefficient (Wildman–Crippen LogP) is 4.72. The van der Waals surface area contributed by atoms with E-state index >= 15 is 0 Å². The average Bonchev–Trinajstić information content (AvgIpc) is 3.33. The van der Waals surface area contributed by atoms with Gasteiger partial charge in [-0.15, -0.1) is 12.4 Å². The maximum atomic E-state index is 14.3. The first-order chi connectivity index (χ1) is 13.1. The van der Waals surface area contributed by atoms with Crippen LogP contribution in [-0.4, -0.2) is 15.1 Å². The van der Waals surface area contributed by atoms with Crippen molar-refractivity contribution >= 4 is 24.6 Å². The Morgan fingerprint density at radius 2 is 2.00 bits per heavy atom. The van der Waals surface area contributed by atoms with Crippen LogP contribution in [0.5, 0.6) is 11.5 Å². The number of nitrogens with two attached hydrogens (primary N) is 1. The number of halogens is 2. The van der Waals surface area contributed by atoms with Crippen LogP contribution in [0.3, 0.4) is 0 Å². The van der Waals surface area contributed by atoms with E-state index in [1.165, 1.54) is 12.3 Å². The van der Waals surface area contributed by atoms with Crippen LogP contribution in [-0.2, 0) is 5.54 Å². The van der Waals surface area contributed by atoms with Crippen molar-refractivity contribution in [3.63, 3.8) is 0 Å². The van der Waals surface area contributed by atoms with Crippen molar-refractivity contribution in [2.24, 2.45) is 5.73 Å². The second kappa shape index (κ2) is 8.50. The van der Waals surface area contributed by atoms with Crippen molar-refractivity contribution in [2.45, 2.75) is 31.2 Å². The fraction of sp³-hybridized carbons (Fsp3) is 0.250. The van der Waals surface area contributed by atoms with Gasteiger partial charge in [-0.25, -0.2) is 4.39 Å². The first-order valence-corrected chi connectivity index (χ1v) is 8.81. The number of hydrogen-bond acceptors (Lipinski definition) is 6. The van der Waals surface area contributed by atoms with Crippen LogP contribution in [0.4, 0.5) is 4.39 Å². The third kappa shape index (κ3) is 4.37. The Balaban J connectivity index is 0.00000225. The number of rotatable bonds is 5. The van der Waals surface area contributed by atoms with Crippen molar-refractivity contribution in [3.8, 4) is 11.5 Å². The quantitative estimate of drug-likeness (QED) is 0.664. The van der Waals surface area contributed by atoms with Gasteiger partial charge in [0.05, 0.1) is 11.7 Å². The molecule has 0 radical (unpaired) electrons. The molecule has 1 aliphatic rings. The van der Waals surface area contributed by atoms with Gasteiger partial charge in [0, 0.05) is 12.3 Å². The van der Waals surface area contributed by atoms with Crippen molar-refractivity contribution in [3.05, 3.63) is 65.8 Å². The molecule has 6 nitrogen and oxygen atoms in total. The molecule has 0 spiro atoms. The zero-order chi connectivity index (χ0) is 18.7. The van der Waals surface area contributed by atoms with Crippen molar-refractivity contribution in [1.29, 1.82) is 0 Å². The smallest absolute Gasteiger partial charge is 0.250 e. The van der Waals surface area contributed by atoms with Crippen LogP contribution in [0, 0.1) is 5.82 Å². The van der Waals surface area contributed by atoms with Gasteiger partial charge in [-0.1, -0.05) is 24.1 Å². The summed E-state index contributed by atoms with van der Waals surface area (Å²) in [6.45, 7) is 0. The lowest BCUT2D eigenvalue weighted by atomic mass is 9.99. The Bertz CT molecular complexity index is 956. The number of benzene rings is 1. The van der Waals surface area contributed by atoms with E-state index in [1.807, 2.05) is 0 Å². The number of ether oxygens (including phenoxy) is 1. The van der Waals surface area contributed by atoms with Crippen molar-refractivity contribution < 1.29 is 13.7 Å². The van der Waals surface area contributed by atoms with E-state index < -0.39 is 11.4 Å². The molecule has 0 atom stereocenters. The van der Waals surface area contributed by atoms with Crippen molar-refractivity contribution in [1.82, 2.24) is 15.1 Å². The second-order valence-corrected chi connectivity index (χ2v) is 6.63. The SMILES string of the molecule is Cl.NC1(c2noc(/C=C/c3ccc(Oc4cccnc4)c(F)c3)n2)CCCC1. The molecule has 3 aromatic rings. The van der Waals surface area contributed by atoms with Gasteiger partial charge in [0.15, 0.2) is 17.4 Å². The summed E-state index contributed by atoms with van der Waals surface area (Å²) in [6, 6.07) is 8.11. The summed E-state index contributed by atoms with van der Waals surface area (Å²) < 4.78 is 25.0. The number of nitrogens with zero attached hydrogens (tertiary/aromatic N) is 3. The summed E-state index contributed by atoms with van der Waals surface area (Å²) in [5.41, 5.74) is 6.48. The van der Waals surface area contributed by atoms with Crippen LogP contribution in [0.25, 0.3) is 12.2 Å². The van der Waals surface area contributed by atoms with E-state index in [-0.39, 0.29) is 18.2 Å². The molecule has 0 saturated heterocycles. The van der Waals surface area contributed by atoms with Gasteiger partial charge in [0.25, 0.3) is 5.89 Å². The highest BCUT2D eigenvalue weighted by Gasteiger charge is 2.35. The highest BCUT2D eigenvalue weighted by molar-refractivity contribution is 5.85. The molecule has 4 rings (SSSR count). The molecule has 8 heteroatoms. The van der Waals surface area contributed by atoms with Gasteiger partial charge >= 0.3 is 0 Å². The van der Waals surface area contributed by atoms with Crippen LogP contribution in [0.2, 0.25) is 0 Å². The van der Waals surface area contributed by atoms with Gasteiger partial charge < -0.3 is 15.0 Å². The first-order valence-electron chi connectivity index (χ1n) is 8.81. The summed E-state index contributed by atoms with van der Waals surface area (Å²) in [6.07, 6.45) is 10.4. The second-order valence-electron chi connectivity index (χ2n) is 6.63. The molecule has 0 bridgehead atoms. The minimum absolute atomic E-state index is 0. The van der Waals surface area contributed by atoms with Gasteiger partial charge in [-0.05, 0) is 48.7 Å². The molecule has 2 heterocycles. The zero-order valence-electron chi connectivity index (χ0n) is 15.0. The molecule has 1 fully saturated rings. The van der Waals surface area contributed by atoms with Gasteiger partial charge in [0.1, 0.15) is 5.75 Å². The fourth-order valence-electron chi connectivity index (χ4n) is 3.14. The van der Waals surface area contributed by atoms with Crippen LogP contribution in [0.1, 0.15) is 43.0 Å². The molecule has 1 aliphatic carbocycles. The van der Waals surface area contributed by atoms with E-state index in [1.54, 1.807) is 42.6 Å². The normalized spacial score (nSPS) is 15.5. The Labute approximate surface area is 168 Å². The van der Waals surface area contributed by atoms with Crippen LogP contribution >= 0.6 is 12.4 Å². The standard InChI is InChI=1S/C20H19FN4O2.ClH/c21-16-12-14(5-7-17(16)26-15-4-3-11-23-13-15)6-8-18-24-19(25-27-18)20(22)9-1-2-10-20;/h3-8,11-13H,1-2,9-10,22H2;1H/b8-6+;. The van der Waals surface area contributed by atoms with E-state index in [4.69, 9.17) is 15.0 Å². The van der Waals surface area contributed by atoms with Gasteiger partial charge in [-0.2, -0.15) is 4.98 Å². The monoisotopic (exact) mass is 402 g/mol. The van der Waals surface area contributed by atoms with Crippen LogP contribution in [0.15, 0.2) is 47.2 Å². The molecular formula is C20H20ClFN4O2. The van der Waals surface area contributed by atoms with E-state index in [0.29, 0.717) is 23.0 Å². The number of aromatic nitrogens is 3. The third-order valence-corrected chi connectivity index (χ3v) is 4.62. The van der Waals surface area contributed by atoms with E-state index in [0.717, 1.165) is 25.7 Å². The maximum Gasteiger partial charge on any atom is 0.250 e. The molecule has 0 aliphatic heterocycles. The fourth-order valence-corrected chi connectivity index (χ4v) is 3.14. The minimum atomic E-state index is -0.493. The lowest BCUT2D eigenvalue weighted by Crippen LogP contribution is -2.34. The van der Waals surface area contributed by atoms with Gasteiger partial charge in [0.2, 0.25) is 0 Å². The largest absolute Gasteiger partial charge is 0.453 e. The summed E-state index contributed by atoms with van der Waals surface area (Å²) in [7, 11) is 0. The number of hydrogen-bond donors (Lipinski definition) is 1. The minimum Gasteiger partial charge on any atom is -0.453 e. The van der Waals surface area contributed by atoms with Gasteiger partial charge in [-0.3, -0.25) is 4.98 Å². The maximum absolute atomic E-state index is 14.3. The molecule has 146 valence electrons. The summed E-state index contributed by atoms with van der Waals surface area (Å²) in [5.74, 6) is 1.01. The molecular weight excluding hydrogens is 383 g/mol. The van der Waals surface area contributed by atoms with Crippen LogP contribution < -0.4 is 10.5 Å². The molecule has 1 aromatic carbocycles. The number of pyridine rings is 1. The highest BCUT2D eigenvalue weighted by atomic mass is 35.5. The molecule has 0 unspecified atom stereocenters. The van der Waals surface area contributed by atoms with E-state index in [2.05, 4.69) is 15.1 Å². The van der Waals surface area contributed by atoms with Crippen molar-refractivity contribution in [2.75, 3.05) is 0 Å². The molecule has 2 aromatic heterocycles. The summed E-state index contributed by atoms with van der Waals surface area (Å²) >= 11 is 0. The lowest BCUT2D eigenvalue weighted by Gasteiger charge is -2.17. The molecule has 0 amide bonds. The van der Waals surface area contributed by atoms with E-state index in [9.17, 15) is 4.39 Å². The Morgan fingerprint density at radius 3 is 2.71 bits per heavy atom. The average molecular weight is 403 g/mol. The first kappa shape index (κ1) is 20.0.